The molecule has 1 aliphatic heterocycles. The van der Waals surface area contributed by atoms with Crippen molar-refractivity contribution in [3.05, 3.63) is 53.1 Å². The van der Waals surface area contributed by atoms with Gasteiger partial charge in [-0.15, -0.1) is 11.8 Å². The van der Waals surface area contributed by atoms with Crippen molar-refractivity contribution in [3.63, 3.8) is 0 Å². The number of fused-ring (bicyclic) bond motifs is 1. The predicted octanol–water partition coefficient (Wildman–Crippen LogP) is 5.02. The van der Waals surface area contributed by atoms with E-state index in [0.29, 0.717) is 18.1 Å². The van der Waals surface area contributed by atoms with Crippen molar-refractivity contribution in [2.75, 3.05) is 36.8 Å². The van der Waals surface area contributed by atoms with E-state index in [2.05, 4.69) is 17.9 Å². The van der Waals surface area contributed by atoms with Crippen molar-refractivity contribution in [2.24, 2.45) is 0 Å². The van der Waals surface area contributed by atoms with Gasteiger partial charge in [0.2, 0.25) is 0 Å². The number of aromatic nitrogens is 1. The number of amides is 1. The van der Waals surface area contributed by atoms with E-state index in [-0.39, 0.29) is 5.91 Å². The normalized spacial score (nSPS) is 14.7. The second-order valence-electron chi connectivity index (χ2n) is 6.32. The summed E-state index contributed by atoms with van der Waals surface area (Å²) in [5, 5.41) is 1.67. The molecule has 0 unspecified atom stereocenters. The molecule has 4 nitrogen and oxygen atoms in total. The van der Waals surface area contributed by atoms with Gasteiger partial charge in [0.25, 0.3) is 5.91 Å². The Bertz CT molecular complexity index is 967. The van der Waals surface area contributed by atoms with E-state index in [4.69, 9.17) is 16.6 Å². The molecule has 27 heavy (non-hydrogen) atoms. The van der Waals surface area contributed by atoms with Gasteiger partial charge in [-0.2, -0.15) is 0 Å². The van der Waals surface area contributed by atoms with Gasteiger partial charge in [0, 0.05) is 36.6 Å². The molecule has 1 aliphatic rings. The fourth-order valence-electron chi connectivity index (χ4n) is 3.21. The first-order valence-electron chi connectivity index (χ1n) is 8.98. The highest BCUT2D eigenvalue weighted by Crippen LogP contribution is 2.33. The summed E-state index contributed by atoms with van der Waals surface area (Å²) in [5.41, 5.74) is 1.64. The number of piperazine rings is 1. The maximum Gasteiger partial charge on any atom is 0.254 e. The molecular formula is C20H20ClN3OS2. The van der Waals surface area contributed by atoms with Gasteiger partial charge in [0.15, 0.2) is 5.13 Å². The van der Waals surface area contributed by atoms with E-state index in [1.54, 1.807) is 23.1 Å². The van der Waals surface area contributed by atoms with Gasteiger partial charge < -0.3 is 9.80 Å². The maximum atomic E-state index is 12.9. The molecule has 1 saturated heterocycles. The van der Waals surface area contributed by atoms with Crippen molar-refractivity contribution in [3.8, 4) is 0 Å². The van der Waals surface area contributed by atoms with Gasteiger partial charge in [-0.05, 0) is 36.1 Å². The zero-order valence-electron chi connectivity index (χ0n) is 15.0. The number of hydrogen-bond donors (Lipinski definition) is 0. The Morgan fingerprint density at radius 1 is 1.19 bits per heavy atom. The molecule has 0 bridgehead atoms. The number of nitrogens with zero attached hydrogens (tertiary/aromatic N) is 3. The summed E-state index contributed by atoms with van der Waals surface area (Å²) in [4.78, 5) is 22.9. The third-order valence-electron chi connectivity index (χ3n) is 4.59. The molecule has 0 atom stereocenters. The molecule has 0 spiro atoms. The van der Waals surface area contributed by atoms with Gasteiger partial charge in [-0.3, -0.25) is 4.79 Å². The minimum Gasteiger partial charge on any atom is -0.345 e. The van der Waals surface area contributed by atoms with Crippen LogP contribution >= 0.6 is 34.7 Å². The van der Waals surface area contributed by atoms with Gasteiger partial charge >= 0.3 is 0 Å². The standard InChI is InChI=1S/C20H20ClN3OS2/c1-2-26-15-6-3-5-14(13-15)19(25)23-9-11-24(12-10-23)20-22-18-16(21)7-4-8-17(18)27-20/h3-8,13H,2,9-12H2,1H3. The van der Waals surface area contributed by atoms with Crippen LogP contribution in [0.4, 0.5) is 5.13 Å². The Morgan fingerprint density at radius 3 is 2.70 bits per heavy atom. The van der Waals surface area contributed by atoms with Gasteiger partial charge in [0.1, 0.15) is 5.52 Å². The van der Waals surface area contributed by atoms with Crippen LogP contribution in [0.25, 0.3) is 10.2 Å². The van der Waals surface area contributed by atoms with E-state index in [1.807, 2.05) is 41.3 Å². The molecule has 2 heterocycles. The number of thioether (sulfide) groups is 1. The van der Waals surface area contributed by atoms with Gasteiger partial charge in [-0.25, -0.2) is 4.98 Å². The largest absolute Gasteiger partial charge is 0.345 e. The van der Waals surface area contributed by atoms with Crippen molar-refractivity contribution >= 4 is 56.0 Å². The number of anilines is 1. The van der Waals surface area contributed by atoms with Crippen LogP contribution in [0.2, 0.25) is 5.02 Å². The minimum absolute atomic E-state index is 0.112. The summed E-state index contributed by atoms with van der Waals surface area (Å²) in [6, 6.07) is 13.8. The van der Waals surface area contributed by atoms with Crippen molar-refractivity contribution in [1.29, 1.82) is 0 Å². The Labute approximate surface area is 172 Å². The molecule has 140 valence electrons. The van der Waals surface area contributed by atoms with Crippen LogP contribution in [0.15, 0.2) is 47.4 Å². The number of carbonyl (C=O) groups is 1. The van der Waals surface area contributed by atoms with Gasteiger partial charge in [-0.1, -0.05) is 42.0 Å². The van der Waals surface area contributed by atoms with Crippen molar-refractivity contribution in [2.45, 2.75) is 11.8 Å². The van der Waals surface area contributed by atoms with E-state index >= 15 is 0 Å². The van der Waals surface area contributed by atoms with E-state index in [0.717, 1.165) is 44.6 Å². The summed E-state index contributed by atoms with van der Waals surface area (Å²) < 4.78 is 1.10. The highest BCUT2D eigenvalue weighted by atomic mass is 35.5. The third-order valence-corrected chi connectivity index (χ3v) is 6.85. The smallest absolute Gasteiger partial charge is 0.254 e. The Kier molecular flexibility index (Phi) is 5.57. The first-order chi connectivity index (χ1) is 13.2. The highest BCUT2D eigenvalue weighted by molar-refractivity contribution is 7.99. The molecule has 1 amide bonds. The van der Waals surface area contributed by atoms with Crippen LogP contribution in [0, 0.1) is 0 Å². The minimum atomic E-state index is 0.112. The summed E-state index contributed by atoms with van der Waals surface area (Å²) in [6.07, 6.45) is 0. The lowest BCUT2D eigenvalue weighted by atomic mass is 10.2. The molecular weight excluding hydrogens is 398 g/mol. The topological polar surface area (TPSA) is 36.4 Å². The molecule has 0 radical (unpaired) electrons. The number of hydrogen-bond acceptors (Lipinski definition) is 5. The monoisotopic (exact) mass is 417 g/mol. The maximum absolute atomic E-state index is 12.9. The first-order valence-corrected chi connectivity index (χ1v) is 11.2. The zero-order chi connectivity index (χ0) is 18.8. The van der Waals surface area contributed by atoms with Crippen LogP contribution in [0.3, 0.4) is 0 Å². The number of para-hydroxylation sites is 1. The number of halogens is 1. The number of thiazole rings is 1. The fraction of sp³-hybridized carbons (Fsp3) is 0.300. The molecule has 0 aliphatic carbocycles. The number of benzene rings is 2. The van der Waals surface area contributed by atoms with Crippen LogP contribution in [-0.2, 0) is 0 Å². The molecule has 1 fully saturated rings. The third kappa shape index (κ3) is 3.93. The van der Waals surface area contributed by atoms with Crippen molar-refractivity contribution in [1.82, 2.24) is 9.88 Å². The molecule has 1 aromatic heterocycles. The second kappa shape index (κ2) is 8.09. The van der Waals surface area contributed by atoms with Crippen molar-refractivity contribution < 1.29 is 4.79 Å². The quantitative estimate of drug-likeness (QED) is 0.558. The Hall–Kier alpha value is -1.76. The summed E-state index contributed by atoms with van der Waals surface area (Å²) in [5.74, 6) is 1.11. The summed E-state index contributed by atoms with van der Waals surface area (Å²) in [6.45, 7) is 5.09. The molecule has 4 rings (SSSR count). The average Bonchev–Trinajstić information content (AvgIpc) is 3.14. The van der Waals surface area contributed by atoms with Gasteiger partial charge in [0.05, 0.1) is 9.72 Å². The average molecular weight is 418 g/mol. The van der Waals surface area contributed by atoms with E-state index in [9.17, 15) is 4.79 Å². The SMILES string of the molecule is CCSc1cccc(C(=O)N2CCN(c3nc4c(Cl)cccc4s3)CC2)c1. The second-order valence-corrected chi connectivity index (χ2v) is 9.08. The molecule has 0 N–H and O–H groups in total. The lowest BCUT2D eigenvalue weighted by Crippen LogP contribution is -2.48. The Balaban J connectivity index is 1.44. The van der Waals surface area contributed by atoms with Crippen LogP contribution < -0.4 is 4.90 Å². The molecule has 0 saturated carbocycles. The molecule has 7 heteroatoms. The van der Waals surface area contributed by atoms with Crippen LogP contribution in [-0.4, -0.2) is 47.7 Å². The van der Waals surface area contributed by atoms with E-state index < -0.39 is 0 Å². The lowest BCUT2D eigenvalue weighted by molar-refractivity contribution is 0.0746. The van der Waals surface area contributed by atoms with Crippen LogP contribution in [0.1, 0.15) is 17.3 Å². The number of rotatable bonds is 4. The lowest BCUT2D eigenvalue weighted by Gasteiger charge is -2.34. The highest BCUT2D eigenvalue weighted by Gasteiger charge is 2.24. The van der Waals surface area contributed by atoms with E-state index in [1.165, 1.54) is 0 Å². The fourth-order valence-corrected chi connectivity index (χ4v) is 5.24. The number of carbonyl (C=O) groups excluding carboxylic acids is 1. The molecule has 3 aromatic rings. The summed E-state index contributed by atoms with van der Waals surface area (Å²) >= 11 is 9.66. The molecule has 2 aromatic carbocycles. The Morgan fingerprint density at radius 2 is 1.96 bits per heavy atom. The van der Waals surface area contributed by atoms with Crippen LogP contribution in [0.5, 0.6) is 0 Å². The summed E-state index contributed by atoms with van der Waals surface area (Å²) in [7, 11) is 0. The zero-order valence-corrected chi connectivity index (χ0v) is 17.4. The first kappa shape index (κ1) is 18.6. The predicted molar refractivity (Wildman–Crippen MR) is 116 cm³/mol.